The number of nitrogens with two attached hydrogens (primary N) is 1. The van der Waals surface area contributed by atoms with Crippen LogP contribution in [-0.4, -0.2) is 25.4 Å². The van der Waals surface area contributed by atoms with Crippen molar-refractivity contribution in [2.45, 2.75) is 32.5 Å². The largest absolute Gasteiger partial charge is 0.376 e. The highest BCUT2D eigenvalue weighted by molar-refractivity contribution is 4.64. The van der Waals surface area contributed by atoms with E-state index in [0.717, 1.165) is 0 Å². The lowest BCUT2D eigenvalue weighted by Gasteiger charge is -2.15. The van der Waals surface area contributed by atoms with Crippen molar-refractivity contribution >= 4 is 0 Å². The Bertz CT molecular complexity index is 70.0. The van der Waals surface area contributed by atoms with E-state index in [0.29, 0.717) is 19.6 Å². The molecule has 0 heterocycles. The summed E-state index contributed by atoms with van der Waals surface area (Å²) in [6.07, 6.45) is -0.834. The number of rotatable bonds is 5. The molecule has 3 heteroatoms. The molecule has 0 fully saturated rings. The molecule has 0 bridgehead atoms. The monoisotopic (exact) mass is 149 g/mol. The van der Waals surface area contributed by atoms with E-state index in [4.69, 9.17) is 10.5 Å². The molecule has 0 amide bonds. The van der Waals surface area contributed by atoms with Gasteiger partial charge in [-0.05, 0) is 26.8 Å². The second-order valence-corrected chi connectivity index (χ2v) is 2.25. The highest BCUT2D eigenvalue weighted by atomic mass is 19.1. The summed E-state index contributed by atoms with van der Waals surface area (Å²) in [5.41, 5.74) is 5.17. The van der Waals surface area contributed by atoms with E-state index in [9.17, 15) is 4.39 Å². The van der Waals surface area contributed by atoms with Crippen LogP contribution in [0.15, 0.2) is 0 Å². The summed E-state index contributed by atoms with van der Waals surface area (Å²) >= 11 is 0. The molecule has 0 aliphatic rings. The maximum absolute atomic E-state index is 12.8. The molecule has 2 nitrogen and oxygen atoms in total. The molecule has 2 atom stereocenters. The van der Waals surface area contributed by atoms with Gasteiger partial charge in [-0.3, -0.25) is 0 Å². The normalized spacial score (nSPS) is 16.8. The Hall–Kier alpha value is -0.150. The van der Waals surface area contributed by atoms with Crippen LogP contribution in [0.25, 0.3) is 0 Å². The molecule has 2 unspecified atom stereocenters. The molecular formula is C7H16FNO. The van der Waals surface area contributed by atoms with Gasteiger partial charge in [-0.2, -0.15) is 0 Å². The van der Waals surface area contributed by atoms with Gasteiger partial charge in [0.25, 0.3) is 0 Å². The summed E-state index contributed by atoms with van der Waals surface area (Å²) < 4.78 is 17.8. The summed E-state index contributed by atoms with van der Waals surface area (Å²) in [4.78, 5) is 0. The summed E-state index contributed by atoms with van der Waals surface area (Å²) in [5, 5.41) is 0. The molecule has 0 aromatic heterocycles. The number of halogens is 1. The van der Waals surface area contributed by atoms with Gasteiger partial charge < -0.3 is 10.5 Å². The van der Waals surface area contributed by atoms with E-state index in [1.54, 1.807) is 6.92 Å². The number of alkyl halides is 1. The van der Waals surface area contributed by atoms with E-state index < -0.39 is 6.17 Å². The summed E-state index contributed by atoms with van der Waals surface area (Å²) in [6.45, 7) is 4.53. The molecule has 0 radical (unpaired) electrons. The Morgan fingerprint density at radius 1 is 1.60 bits per heavy atom. The first-order chi connectivity index (χ1) is 4.72. The van der Waals surface area contributed by atoms with Crippen LogP contribution in [0.3, 0.4) is 0 Å². The van der Waals surface area contributed by atoms with Crippen LogP contribution in [-0.2, 0) is 4.74 Å². The van der Waals surface area contributed by atoms with E-state index >= 15 is 0 Å². The van der Waals surface area contributed by atoms with Gasteiger partial charge in [0.15, 0.2) is 0 Å². The molecule has 10 heavy (non-hydrogen) atoms. The van der Waals surface area contributed by atoms with Crippen LogP contribution in [0.5, 0.6) is 0 Å². The van der Waals surface area contributed by atoms with Crippen LogP contribution < -0.4 is 5.73 Å². The lowest BCUT2D eigenvalue weighted by atomic mass is 10.2. The van der Waals surface area contributed by atoms with E-state index in [2.05, 4.69) is 0 Å². The van der Waals surface area contributed by atoms with E-state index in [1.165, 1.54) is 0 Å². The SMILES string of the molecule is CCOC(C)C(F)CCN. The van der Waals surface area contributed by atoms with E-state index in [-0.39, 0.29) is 6.10 Å². The van der Waals surface area contributed by atoms with Crippen LogP contribution in [0.2, 0.25) is 0 Å². The average molecular weight is 149 g/mol. The molecule has 0 rings (SSSR count). The summed E-state index contributed by atoms with van der Waals surface area (Å²) in [6, 6.07) is 0. The minimum Gasteiger partial charge on any atom is -0.376 e. The fraction of sp³-hybridized carbons (Fsp3) is 1.00. The predicted molar refractivity (Wildman–Crippen MR) is 39.7 cm³/mol. The van der Waals surface area contributed by atoms with Crippen LogP contribution in [0.1, 0.15) is 20.3 Å². The molecule has 0 saturated heterocycles. The second kappa shape index (κ2) is 5.62. The molecule has 0 spiro atoms. The van der Waals surface area contributed by atoms with Gasteiger partial charge in [0.1, 0.15) is 6.17 Å². The lowest BCUT2D eigenvalue weighted by Crippen LogP contribution is -2.24. The first-order valence-corrected chi connectivity index (χ1v) is 3.68. The van der Waals surface area contributed by atoms with Gasteiger partial charge in [-0.1, -0.05) is 0 Å². The highest BCUT2D eigenvalue weighted by Crippen LogP contribution is 2.06. The molecule has 0 aliphatic heterocycles. The summed E-state index contributed by atoms with van der Waals surface area (Å²) in [7, 11) is 0. The molecule has 0 aromatic carbocycles. The van der Waals surface area contributed by atoms with Crippen molar-refractivity contribution in [3.8, 4) is 0 Å². The van der Waals surface area contributed by atoms with Crippen molar-refractivity contribution in [1.29, 1.82) is 0 Å². The Labute approximate surface area is 61.5 Å². The summed E-state index contributed by atoms with van der Waals surface area (Å²) in [5.74, 6) is 0. The van der Waals surface area contributed by atoms with Gasteiger partial charge in [-0.15, -0.1) is 0 Å². The molecule has 0 aliphatic carbocycles. The van der Waals surface area contributed by atoms with Crippen LogP contribution in [0, 0.1) is 0 Å². The van der Waals surface area contributed by atoms with Crippen molar-refractivity contribution in [2.24, 2.45) is 5.73 Å². The lowest BCUT2D eigenvalue weighted by molar-refractivity contribution is 0.0149. The molecule has 62 valence electrons. The third kappa shape index (κ3) is 3.80. The number of hydrogen-bond donors (Lipinski definition) is 1. The van der Waals surface area contributed by atoms with Crippen molar-refractivity contribution in [3.63, 3.8) is 0 Å². The van der Waals surface area contributed by atoms with Crippen molar-refractivity contribution in [1.82, 2.24) is 0 Å². The topological polar surface area (TPSA) is 35.2 Å². The molecule has 0 aromatic rings. The minimum absolute atomic E-state index is 0.312. The zero-order chi connectivity index (χ0) is 7.98. The quantitative estimate of drug-likeness (QED) is 0.635. The molecule has 2 N–H and O–H groups in total. The van der Waals surface area contributed by atoms with E-state index in [1.807, 2.05) is 6.92 Å². The molecule has 0 saturated carbocycles. The maximum atomic E-state index is 12.8. The third-order valence-electron chi connectivity index (χ3n) is 1.38. The van der Waals surface area contributed by atoms with Crippen molar-refractivity contribution in [3.05, 3.63) is 0 Å². The van der Waals surface area contributed by atoms with Crippen molar-refractivity contribution in [2.75, 3.05) is 13.2 Å². The predicted octanol–water partition coefficient (Wildman–Crippen LogP) is 1.10. The fourth-order valence-electron chi connectivity index (χ4n) is 0.761. The Kier molecular flexibility index (Phi) is 5.54. The number of hydrogen-bond acceptors (Lipinski definition) is 2. The van der Waals surface area contributed by atoms with Gasteiger partial charge in [0.05, 0.1) is 6.10 Å². The molecular weight excluding hydrogens is 133 g/mol. The standard InChI is InChI=1S/C7H16FNO/c1-3-10-6(2)7(8)4-5-9/h6-7H,3-5,9H2,1-2H3. The van der Waals surface area contributed by atoms with Gasteiger partial charge >= 0.3 is 0 Å². The van der Waals surface area contributed by atoms with Gasteiger partial charge in [0.2, 0.25) is 0 Å². The van der Waals surface area contributed by atoms with Crippen LogP contribution in [0.4, 0.5) is 4.39 Å². The minimum atomic E-state index is -0.912. The van der Waals surface area contributed by atoms with Crippen molar-refractivity contribution < 1.29 is 9.13 Å². The van der Waals surface area contributed by atoms with Gasteiger partial charge in [-0.25, -0.2) is 4.39 Å². The second-order valence-electron chi connectivity index (χ2n) is 2.25. The Morgan fingerprint density at radius 2 is 2.20 bits per heavy atom. The fourth-order valence-corrected chi connectivity index (χ4v) is 0.761. The number of ether oxygens (including phenoxy) is 1. The zero-order valence-electron chi connectivity index (χ0n) is 6.64. The van der Waals surface area contributed by atoms with Crippen LogP contribution >= 0.6 is 0 Å². The Balaban J connectivity index is 3.38. The highest BCUT2D eigenvalue weighted by Gasteiger charge is 2.14. The Morgan fingerprint density at radius 3 is 2.60 bits per heavy atom. The van der Waals surface area contributed by atoms with Gasteiger partial charge in [0, 0.05) is 6.61 Å². The first-order valence-electron chi connectivity index (χ1n) is 3.68. The first kappa shape index (κ1) is 9.85. The third-order valence-corrected chi connectivity index (χ3v) is 1.38. The zero-order valence-corrected chi connectivity index (χ0v) is 6.64. The average Bonchev–Trinajstić information content (AvgIpc) is 1.89. The smallest absolute Gasteiger partial charge is 0.127 e. The maximum Gasteiger partial charge on any atom is 0.127 e.